The molecule has 0 spiro atoms. The molecule has 3 N–H and O–H groups in total. The highest BCUT2D eigenvalue weighted by Crippen LogP contribution is 2.25. The van der Waals surface area contributed by atoms with E-state index in [4.69, 9.17) is 5.84 Å². The molecule has 1 unspecified atom stereocenters. The van der Waals surface area contributed by atoms with Gasteiger partial charge in [-0.2, -0.15) is 0 Å². The van der Waals surface area contributed by atoms with Crippen LogP contribution < -0.4 is 11.3 Å². The van der Waals surface area contributed by atoms with E-state index >= 15 is 0 Å². The number of amides is 1. The fourth-order valence-electron chi connectivity index (χ4n) is 1.39. The molecule has 0 aliphatic rings. The van der Waals surface area contributed by atoms with Crippen LogP contribution in [0.4, 0.5) is 0 Å². The molecule has 0 aliphatic carbocycles. The highest BCUT2D eigenvalue weighted by atomic mass is 32.2. The van der Waals surface area contributed by atoms with E-state index < -0.39 is 0 Å². The van der Waals surface area contributed by atoms with Crippen molar-refractivity contribution in [2.75, 3.05) is 5.75 Å². The molecule has 1 aromatic carbocycles. The van der Waals surface area contributed by atoms with Crippen LogP contribution in [0.1, 0.15) is 18.1 Å². The van der Waals surface area contributed by atoms with Crippen molar-refractivity contribution >= 4 is 17.7 Å². The standard InChI is InChI=1S/C12H18N2OS/c1-8-4-5-11(9(2)6-8)16-7-10(3)12(15)14-13/h4-6,10H,7,13H2,1-3H3,(H,14,15). The molecule has 0 fully saturated rings. The molecule has 0 bridgehead atoms. The molecule has 0 radical (unpaired) electrons. The fourth-order valence-corrected chi connectivity index (χ4v) is 2.43. The summed E-state index contributed by atoms with van der Waals surface area (Å²) in [5, 5.41) is 0. The molecule has 4 heteroatoms. The van der Waals surface area contributed by atoms with Crippen LogP contribution in [0.3, 0.4) is 0 Å². The van der Waals surface area contributed by atoms with Gasteiger partial charge in [0.15, 0.2) is 0 Å². The number of carbonyl (C=O) groups is 1. The Kier molecular flexibility index (Phi) is 4.83. The second-order valence-corrected chi connectivity index (χ2v) is 5.05. The summed E-state index contributed by atoms with van der Waals surface area (Å²) in [6.45, 7) is 6.04. The second-order valence-electron chi connectivity index (χ2n) is 3.99. The van der Waals surface area contributed by atoms with Crippen LogP contribution in [0.5, 0.6) is 0 Å². The third-order valence-electron chi connectivity index (χ3n) is 2.41. The van der Waals surface area contributed by atoms with Crippen LogP contribution in [0, 0.1) is 19.8 Å². The van der Waals surface area contributed by atoms with Crippen molar-refractivity contribution in [1.29, 1.82) is 0 Å². The normalized spacial score (nSPS) is 12.2. The lowest BCUT2D eigenvalue weighted by molar-refractivity contribution is -0.123. The number of hydrazine groups is 1. The van der Waals surface area contributed by atoms with E-state index in [2.05, 4.69) is 37.5 Å². The molecular formula is C12H18N2OS. The molecule has 0 aliphatic heterocycles. The monoisotopic (exact) mass is 238 g/mol. The molecule has 1 rings (SSSR count). The largest absolute Gasteiger partial charge is 0.294 e. The SMILES string of the molecule is Cc1ccc(SCC(C)C(=O)NN)c(C)c1. The number of nitrogens with one attached hydrogen (secondary N) is 1. The Hall–Kier alpha value is -1.00. The number of nitrogens with two attached hydrogens (primary N) is 1. The molecular weight excluding hydrogens is 220 g/mol. The van der Waals surface area contributed by atoms with E-state index in [1.54, 1.807) is 11.8 Å². The van der Waals surface area contributed by atoms with Gasteiger partial charge in [-0.15, -0.1) is 11.8 Å². The second kappa shape index (κ2) is 5.92. The summed E-state index contributed by atoms with van der Waals surface area (Å²) < 4.78 is 0. The Bertz CT molecular complexity index is 379. The minimum Gasteiger partial charge on any atom is -0.294 e. The van der Waals surface area contributed by atoms with Crippen molar-refractivity contribution in [3.05, 3.63) is 29.3 Å². The smallest absolute Gasteiger partial charge is 0.237 e. The number of carbonyl (C=O) groups excluding carboxylic acids is 1. The van der Waals surface area contributed by atoms with Crippen molar-refractivity contribution in [3.63, 3.8) is 0 Å². The lowest BCUT2D eigenvalue weighted by Gasteiger charge is -2.10. The van der Waals surface area contributed by atoms with Crippen LogP contribution in [-0.2, 0) is 4.79 Å². The molecule has 0 heterocycles. The van der Waals surface area contributed by atoms with E-state index in [0.29, 0.717) is 0 Å². The summed E-state index contributed by atoms with van der Waals surface area (Å²) in [6.07, 6.45) is 0. The first-order chi connectivity index (χ1) is 7.54. The van der Waals surface area contributed by atoms with Gasteiger partial charge in [0.1, 0.15) is 0 Å². The highest BCUT2D eigenvalue weighted by molar-refractivity contribution is 7.99. The molecule has 0 aromatic heterocycles. The average molecular weight is 238 g/mol. The number of benzene rings is 1. The molecule has 0 saturated carbocycles. The lowest BCUT2D eigenvalue weighted by atomic mass is 10.2. The first-order valence-corrected chi connectivity index (χ1v) is 6.23. The molecule has 3 nitrogen and oxygen atoms in total. The lowest BCUT2D eigenvalue weighted by Crippen LogP contribution is -2.35. The van der Waals surface area contributed by atoms with Gasteiger partial charge < -0.3 is 0 Å². The van der Waals surface area contributed by atoms with Gasteiger partial charge in [-0.3, -0.25) is 10.2 Å². The predicted octanol–water partition coefficient (Wildman–Crippen LogP) is 2.02. The third kappa shape index (κ3) is 3.54. The topological polar surface area (TPSA) is 55.1 Å². The Morgan fingerprint density at radius 3 is 2.75 bits per heavy atom. The number of rotatable bonds is 4. The van der Waals surface area contributed by atoms with Gasteiger partial charge in [0, 0.05) is 16.6 Å². The van der Waals surface area contributed by atoms with E-state index in [0.717, 1.165) is 5.75 Å². The highest BCUT2D eigenvalue weighted by Gasteiger charge is 2.12. The van der Waals surface area contributed by atoms with Crippen molar-refractivity contribution in [1.82, 2.24) is 5.43 Å². The van der Waals surface area contributed by atoms with E-state index in [-0.39, 0.29) is 11.8 Å². The van der Waals surface area contributed by atoms with E-state index in [9.17, 15) is 4.79 Å². The Morgan fingerprint density at radius 2 is 2.19 bits per heavy atom. The number of hydrogen-bond acceptors (Lipinski definition) is 3. The number of aryl methyl sites for hydroxylation is 2. The summed E-state index contributed by atoms with van der Waals surface area (Å²) in [4.78, 5) is 12.4. The minimum absolute atomic E-state index is 0.0734. The Balaban J connectivity index is 2.58. The first kappa shape index (κ1) is 13.1. The summed E-state index contributed by atoms with van der Waals surface area (Å²) >= 11 is 1.69. The van der Waals surface area contributed by atoms with Gasteiger partial charge in [-0.1, -0.05) is 24.6 Å². The molecule has 0 saturated heterocycles. The van der Waals surface area contributed by atoms with Crippen LogP contribution in [0.15, 0.2) is 23.1 Å². The quantitative estimate of drug-likeness (QED) is 0.365. The summed E-state index contributed by atoms with van der Waals surface area (Å²) in [5.41, 5.74) is 4.69. The van der Waals surface area contributed by atoms with Crippen LogP contribution in [-0.4, -0.2) is 11.7 Å². The van der Waals surface area contributed by atoms with E-state index in [1.807, 2.05) is 6.92 Å². The first-order valence-electron chi connectivity index (χ1n) is 5.25. The molecule has 1 amide bonds. The van der Waals surface area contributed by atoms with Gasteiger partial charge in [-0.05, 0) is 25.5 Å². The summed E-state index contributed by atoms with van der Waals surface area (Å²) in [6, 6.07) is 6.33. The molecule has 1 atom stereocenters. The number of hydrogen-bond donors (Lipinski definition) is 2. The predicted molar refractivity (Wildman–Crippen MR) is 68.1 cm³/mol. The molecule has 88 valence electrons. The fraction of sp³-hybridized carbons (Fsp3) is 0.417. The van der Waals surface area contributed by atoms with Crippen molar-refractivity contribution in [2.45, 2.75) is 25.7 Å². The van der Waals surface area contributed by atoms with Gasteiger partial charge in [-0.25, -0.2) is 5.84 Å². The summed E-state index contributed by atoms with van der Waals surface area (Å²) in [7, 11) is 0. The average Bonchev–Trinajstić information content (AvgIpc) is 2.26. The van der Waals surface area contributed by atoms with Gasteiger partial charge in [0.2, 0.25) is 5.91 Å². The molecule has 16 heavy (non-hydrogen) atoms. The zero-order chi connectivity index (χ0) is 12.1. The van der Waals surface area contributed by atoms with Gasteiger partial charge in [0.05, 0.1) is 0 Å². The summed E-state index contributed by atoms with van der Waals surface area (Å²) in [5.74, 6) is 5.64. The minimum atomic E-state index is -0.114. The zero-order valence-corrected chi connectivity index (χ0v) is 10.7. The van der Waals surface area contributed by atoms with Gasteiger partial charge >= 0.3 is 0 Å². The van der Waals surface area contributed by atoms with Gasteiger partial charge in [0.25, 0.3) is 0 Å². The van der Waals surface area contributed by atoms with E-state index in [1.165, 1.54) is 16.0 Å². The van der Waals surface area contributed by atoms with Crippen LogP contribution in [0.2, 0.25) is 0 Å². The van der Waals surface area contributed by atoms with Crippen LogP contribution >= 0.6 is 11.8 Å². The van der Waals surface area contributed by atoms with Crippen molar-refractivity contribution in [2.24, 2.45) is 11.8 Å². The maximum absolute atomic E-state index is 11.2. The maximum atomic E-state index is 11.2. The Labute approximate surface area is 101 Å². The maximum Gasteiger partial charge on any atom is 0.237 e. The number of thioether (sulfide) groups is 1. The zero-order valence-electron chi connectivity index (χ0n) is 9.91. The molecule has 1 aromatic rings. The van der Waals surface area contributed by atoms with Crippen molar-refractivity contribution in [3.8, 4) is 0 Å². The third-order valence-corrected chi connectivity index (χ3v) is 3.84. The Morgan fingerprint density at radius 1 is 1.50 bits per heavy atom. The van der Waals surface area contributed by atoms with Crippen LogP contribution in [0.25, 0.3) is 0 Å². The van der Waals surface area contributed by atoms with Crippen molar-refractivity contribution < 1.29 is 4.79 Å².